The van der Waals surface area contributed by atoms with Crippen molar-refractivity contribution < 1.29 is 0 Å². The second-order valence-corrected chi connectivity index (χ2v) is 5.72. The third kappa shape index (κ3) is 2.57. The second kappa shape index (κ2) is 5.37. The Kier molecular flexibility index (Phi) is 3.62. The van der Waals surface area contributed by atoms with Crippen LogP contribution in [-0.2, 0) is 6.54 Å². The van der Waals surface area contributed by atoms with Gasteiger partial charge in [0, 0.05) is 31.5 Å². The minimum atomic E-state index is 0.810. The van der Waals surface area contributed by atoms with Gasteiger partial charge in [0.25, 0.3) is 0 Å². The molecule has 0 amide bonds. The van der Waals surface area contributed by atoms with Crippen molar-refractivity contribution in [3.05, 3.63) is 29.6 Å². The first-order valence-electron chi connectivity index (χ1n) is 7.19. The van der Waals surface area contributed by atoms with Gasteiger partial charge in [-0.1, -0.05) is 0 Å². The molecule has 1 aromatic rings. The Morgan fingerprint density at radius 1 is 1.28 bits per heavy atom. The average Bonchev–Trinajstić information content (AvgIpc) is 2.71. The van der Waals surface area contributed by atoms with E-state index in [0.29, 0.717) is 0 Å². The highest BCUT2D eigenvalue weighted by Gasteiger charge is 2.28. The van der Waals surface area contributed by atoms with Crippen molar-refractivity contribution in [3.8, 4) is 0 Å². The monoisotopic (exact) mass is 245 g/mol. The van der Waals surface area contributed by atoms with Crippen molar-refractivity contribution in [2.24, 2.45) is 0 Å². The van der Waals surface area contributed by atoms with E-state index in [9.17, 15) is 0 Å². The fourth-order valence-corrected chi connectivity index (χ4v) is 3.33. The molecule has 0 aromatic carbocycles. The van der Waals surface area contributed by atoms with Gasteiger partial charge in [-0.2, -0.15) is 0 Å². The zero-order chi connectivity index (χ0) is 12.4. The number of nitrogens with zero attached hydrogens (tertiary/aromatic N) is 3. The summed E-state index contributed by atoms with van der Waals surface area (Å²) in [6, 6.07) is 2.93. The van der Waals surface area contributed by atoms with Crippen molar-refractivity contribution in [3.63, 3.8) is 0 Å². The van der Waals surface area contributed by atoms with E-state index in [4.69, 9.17) is 0 Å². The third-order valence-electron chi connectivity index (χ3n) is 4.43. The summed E-state index contributed by atoms with van der Waals surface area (Å²) in [5, 5.41) is 0. The first kappa shape index (κ1) is 12.1. The average molecular weight is 245 g/mol. The number of aromatic nitrogens is 1. The van der Waals surface area contributed by atoms with Crippen LogP contribution in [0.25, 0.3) is 0 Å². The lowest BCUT2D eigenvalue weighted by Crippen LogP contribution is -2.36. The molecule has 0 bridgehead atoms. The van der Waals surface area contributed by atoms with Crippen LogP contribution >= 0.6 is 0 Å². The summed E-state index contributed by atoms with van der Waals surface area (Å²) in [6.07, 6.45) is 8.02. The minimum absolute atomic E-state index is 0.810. The van der Waals surface area contributed by atoms with Crippen LogP contribution in [0.1, 0.15) is 30.4 Å². The summed E-state index contributed by atoms with van der Waals surface area (Å²) >= 11 is 0. The van der Waals surface area contributed by atoms with Gasteiger partial charge in [-0.05, 0) is 63.0 Å². The lowest BCUT2D eigenvalue weighted by Gasteiger charge is -2.25. The van der Waals surface area contributed by atoms with Gasteiger partial charge in [0.05, 0.1) is 0 Å². The fraction of sp³-hybridized carbons (Fsp3) is 0.667. The maximum atomic E-state index is 4.26. The summed E-state index contributed by atoms with van der Waals surface area (Å²) in [7, 11) is 0. The highest BCUT2D eigenvalue weighted by molar-refractivity contribution is 5.21. The number of hydrogen-bond acceptors (Lipinski definition) is 3. The van der Waals surface area contributed by atoms with Crippen LogP contribution in [0.3, 0.4) is 0 Å². The topological polar surface area (TPSA) is 19.4 Å². The van der Waals surface area contributed by atoms with E-state index >= 15 is 0 Å². The van der Waals surface area contributed by atoms with Gasteiger partial charge in [0.1, 0.15) is 0 Å². The molecule has 3 nitrogen and oxygen atoms in total. The zero-order valence-electron chi connectivity index (χ0n) is 11.3. The van der Waals surface area contributed by atoms with Gasteiger partial charge in [0.2, 0.25) is 0 Å². The Labute approximate surface area is 110 Å². The number of rotatable bonds is 2. The molecule has 2 aliphatic heterocycles. The smallest absolute Gasteiger partial charge is 0.0315 e. The van der Waals surface area contributed by atoms with Crippen LogP contribution in [0.15, 0.2) is 18.5 Å². The fourth-order valence-electron chi connectivity index (χ4n) is 3.33. The molecule has 1 atom stereocenters. The van der Waals surface area contributed by atoms with Gasteiger partial charge in [0.15, 0.2) is 0 Å². The lowest BCUT2D eigenvalue weighted by molar-refractivity contribution is 0.215. The molecule has 3 heterocycles. The third-order valence-corrected chi connectivity index (χ3v) is 4.43. The van der Waals surface area contributed by atoms with Gasteiger partial charge in [-0.15, -0.1) is 0 Å². The van der Waals surface area contributed by atoms with Gasteiger partial charge < -0.3 is 0 Å². The van der Waals surface area contributed by atoms with Crippen molar-refractivity contribution in [2.45, 2.75) is 38.8 Å². The zero-order valence-corrected chi connectivity index (χ0v) is 11.3. The predicted octanol–water partition coefficient (Wildman–Crippen LogP) is 2.06. The predicted molar refractivity (Wildman–Crippen MR) is 73.5 cm³/mol. The summed E-state index contributed by atoms with van der Waals surface area (Å²) in [5.41, 5.74) is 2.77. The Balaban J connectivity index is 1.67. The summed E-state index contributed by atoms with van der Waals surface area (Å²) in [6.45, 7) is 8.37. The molecule has 1 unspecified atom stereocenters. The Morgan fingerprint density at radius 3 is 3.06 bits per heavy atom. The Hall–Kier alpha value is -0.930. The number of pyridine rings is 1. The SMILES string of the molecule is Cc1ccncc1CN1CCCN2CCCC2C1. The summed E-state index contributed by atoms with van der Waals surface area (Å²) < 4.78 is 0. The van der Waals surface area contributed by atoms with Crippen molar-refractivity contribution in [2.75, 3.05) is 26.2 Å². The van der Waals surface area contributed by atoms with Crippen LogP contribution < -0.4 is 0 Å². The maximum Gasteiger partial charge on any atom is 0.0315 e. The lowest BCUT2D eigenvalue weighted by atomic mass is 10.1. The van der Waals surface area contributed by atoms with E-state index in [1.54, 1.807) is 0 Å². The molecule has 0 aliphatic carbocycles. The van der Waals surface area contributed by atoms with Crippen LogP contribution in [0.2, 0.25) is 0 Å². The van der Waals surface area contributed by atoms with E-state index in [2.05, 4.69) is 27.8 Å². The number of fused-ring (bicyclic) bond motifs is 1. The highest BCUT2D eigenvalue weighted by Crippen LogP contribution is 2.22. The molecule has 0 N–H and O–H groups in total. The van der Waals surface area contributed by atoms with E-state index in [1.165, 1.54) is 56.6 Å². The maximum absolute atomic E-state index is 4.26. The molecular formula is C15H23N3. The first-order valence-corrected chi connectivity index (χ1v) is 7.19. The van der Waals surface area contributed by atoms with Crippen molar-refractivity contribution in [1.82, 2.24) is 14.8 Å². The van der Waals surface area contributed by atoms with Crippen LogP contribution in [0.5, 0.6) is 0 Å². The van der Waals surface area contributed by atoms with Gasteiger partial charge in [-0.25, -0.2) is 0 Å². The molecule has 0 saturated carbocycles. The molecule has 2 fully saturated rings. The molecule has 2 aliphatic rings. The number of hydrogen-bond donors (Lipinski definition) is 0. The van der Waals surface area contributed by atoms with Crippen molar-refractivity contribution >= 4 is 0 Å². The van der Waals surface area contributed by atoms with Gasteiger partial charge >= 0.3 is 0 Å². The van der Waals surface area contributed by atoms with Crippen molar-refractivity contribution in [1.29, 1.82) is 0 Å². The van der Waals surface area contributed by atoms with Crippen LogP contribution in [0, 0.1) is 6.92 Å². The molecular weight excluding hydrogens is 222 g/mol. The Bertz CT molecular complexity index is 404. The summed E-state index contributed by atoms with van der Waals surface area (Å²) in [4.78, 5) is 9.58. The highest BCUT2D eigenvalue weighted by atomic mass is 15.3. The molecule has 1 aromatic heterocycles. The standard InChI is InChI=1S/C15H23N3/c1-13-5-6-16-10-14(13)11-17-7-3-9-18-8-2-4-15(18)12-17/h5-6,10,15H,2-4,7-9,11-12H2,1H3. The van der Waals surface area contributed by atoms with Gasteiger partial charge in [-0.3, -0.25) is 14.8 Å². The molecule has 98 valence electrons. The quantitative estimate of drug-likeness (QED) is 0.795. The second-order valence-electron chi connectivity index (χ2n) is 5.72. The molecule has 0 spiro atoms. The molecule has 3 rings (SSSR count). The van der Waals surface area contributed by atoms with E-state index < -0.39 is 0 Å². The molecule has 2 saturated heterocycles. The Morgan fingerprint density at radius 2 is 2.17 bits per heavy atom. The number of aryl methyl sites for hydroxylation is 1. The molecule has 18 heavy (non-hydrogen) atoms. The molecule has 3 heteroatoms. The van der Waals surface area contributed by atoms with E-state index in [1.807, 2.05) is 12.4 Å². The normalized spacial score (nSPS) is 25.9. The largest absolute Gasteiger partial charge is 0.299 e. The van der Waals surface area contributed by atoms with Crippen LogP contribution in [0.4, 0.5) is 0 Å². The van der Waals surface area contributed by atoms with E-state index in [-0.39, 0.29) is 0 Å². The first-order chi connectivity index (χ1) is 8.83. The minimum Gasteiger partial charge on any atom is -0.299 e. The molecule has 0 radical (unpaired) electrons. The van der Waals surface area contributed by atoms with Crippen LogP contribution in [-0.4, -0.2) is 47.0 Å². The van der Waals surface area contributed by atoms with E-state index in [0.717, 1.165) is 12.6 Å². The summed E-state index contributed by atoms with van der Waals surface area (Å²) in [5.74, 6) is 0.